The molecule has 8 heteroatoms. The van der Waals surface area contributed by atoms with Crippen LogP contribution < -0.4 is 5.73 Å². The van der Waals surface area contributed by atoms with Crippen molar-refractivity contribution >= 4 is 11.6 Å². The third-order valence-electron chi connectivity index (χ3n) is 2.50. The van der Waals surface area contributed by atoms with Crippen molar-refractivity contribution in [1.29, 1.82) is 0 Å². The maximum Gasteiger partial charge on any atom is 0.254 e. The van der Waals surface area contributed by atoms with Gasteiger partial charge in [0, 0.05) is 18.3 Å². The van der Waals surface area contributed by atoms with Crippen LogP contribution in [0.2, 0.25) is 0 Å². The molecule has 0 aliphatic rings. The molecule has 0 saturated carbocycles. The first-order valence-electron chi connectivity index (χ1n) is 5.18. The molecule has 0 aliphatic carbocycles. The average molecular weight is 265 g/mol. The smallest absolute Gasteiger partial charge is 0.254 e. The maximum absolute atomic E-state index is 13.6. The van der Waals surface area contributed by atoms with Gasteiger partial charge in [0.05, 0.1) is 5.56 Å². The number of benzene rings is 1. The fourth-order valence-electron chi connectivity index (χ4n) is 1.67. The number of rotatable bonds is 1. The third-order valence-corrected chi connectivity index (χ3v) is 2.50. The van der Waals surface area contributed by atoms with E-state index < -0.39 is 23.0 Å². The second-order valence-corrected chi connectivity index (χ2v) is 3.76. The van der Waals surface area contributed by atoms with Crippen molar-refractivity contribution in [1.82, 2.24) is 19.6 Å². The van der Waals surface area contributed by atoms with Gasteiger partial charge in [0.25, 0.3) is 5.78 Å². The fraction of sp³-hybridized carbons (Fsp3) is 0. The van der Waals surface area contributed by atoms with E-state index in [1.807, 2.05) is 0 Å². The molecule has 2 aromatic heterocycles. The van der Waals surface area contributed by atoms with E-state index in [0.29, 0.717) is 12.1 Å². The summed E-state index contributed by atoms with van der Waals surface area (Å²) >= 11 is 0. The van der Waals surface area contributed by atoms with E-state index in [0.717, 1.165) is 4.52 Å². The van der Waals surface area contributed by atoms with Gasteiger partial charge in [0.1, 0.15) is 23.3 Å². The molecule has 0 aliphatic heterocycles. The minimum Gasteiger partial charge on any atom is -0.383 e. The van der Waals surface area contributed by atoms with Gasteiger partial charge in [-0.05, 0) is 6.07 Å². The van der Waals surface area contributed by atoms with Crippen LogP contribution in [0, 0.1) is 17.5 Å². The SMILES string of the molecule is Nc1ccnc2nc(-c3c(F)cc(F)cc3F)nn12. The topological polar surface area (TPSA) is 69.1 Å². The number of hydrogen-bond donors (Lipinski definition) is 1. The zero-order chi connectivity index (χ0) is 13.6. The van der Waals surface area contributed by atoms with Gasteiger partial charge in [-0.3, -0.25) is 0 Å². The standard InChI is InChI=1S/C11H6F3N5/c12-5-3-6(13)9(7(14)4-5)10-17-11-16-2-1-8(15)19(11)18-10/h1-4H,15H2. The maximum atomic E-state index is 13.6. The molecule has 5 nitrogen and oxygen atoms in total. The number of nitrogens with two attached hydrogens (primary N) is 1. The van der Waals surface area contributed by atoms with Crippen LogP contribution in [0.1, 0.15) is 0 Å². The van der Waals surface area contributed by atoms with E-state index in [9.17, 15) is 13.2 Å². The fourth-order valence-corrected chi connectivity index (χ4v) is 1.67. The number of hydrogen-bond acceptors (Lipinski definition) is 4. The minimum atomic E-state index is -1.09. The monoisotopic (exact) mass is 265 g/mol. The molecule has 0 saturated heterocycles. The Morgan fingerprint density at radius 1 is 1.11 bits per heavy atom. The van der Waals surface area contributed by atoms with Crippen LogP contribution in [0.15, 0.2) is 24.4 Å². The first-order chi connectivity index (χ1) is 9.06. The van der Waals surface area contributed by atoms with Crippen molar-refractivity contribution in [3.05, 3.63) is 41.8 Å². The highest BCUT2D eigenvalue weighted by Crippen LogP contribution is 2.24. The summed E-state index contributed by atoms with van der Waals surface area (Å²) in [4.78, 5) is 7.71. The minimum absolute atomic E-state index is 0.0955. The summed E-state index contributed by atoms with van der Waals surface area (Å²) in [5.74, 6) is -3.13. The molecule has 3 rings (SSSR count). The predicted molar refractivity (Wildman–Crippen MR) is 60.5 cm³/mol. The number of fused-ring (bicyclic) bond motifs is 1. The predicted octanol–water partition coefficient (Wildman–Crippen LogP) is 1.79. The van der Waals surface area contributed by atoms with Gasteiger partial charge >= 0.3 is 0 Å². The highest BCUT2D eigenvalue weighted by molar-refractivity contribution is 5.59. The first-order valence-corrected chi connectivity index (χ1v) is 5.18. The number of aromatic nitrogens is 4. The molecule has 0 bridgehead atoms. The van der Waals surface area contributed by atoms with Gasteiger partial charge in [-0.15, -0.1) is 5.10 Å². The molecule has 0 fully saturated rings. The van der Waals surface area contributed by atoms with Crippen molar-refractivity contribution in [3.63, 3.8) is 0 Å². The number of nitrogens with zero attached hydrogens (tertiary/aromatic N) is 4. The van der Waals surface area contributed by atoms with Crippen molar-refractivity contribution in [3.8, 4) is 11.4 Å². The van der Waals surface area contributed by atoms with Gasteiger partial charge < -0.3 is 5.73 Å². The van der Waals surface area contributed by atoms with Crippen LogP contribution in [0.3, 0.4) is 0 Å². The number of nitrogen functional groups attached to an aromatic ring is 1. The Labute approximate surface area is 104 Å². The molecular weight excluding hydrogens is 259 g/mol. The third kappa shape index (κ3) is 1.77. The van der Waals surface area contributed by atoms with Gasteiger partial charge in [-0.2, -0.15) is 9.50 Å². The second kappa shape index (κ2) is 3.94. The summed E-state index contributed by atoms with van der Waals surface area (Å²) in [7, 11) is 0. The summed E-state index contributed by atoms with van der Waals surface area (Å²) in [5.41, 5.74) is 5.10. The Bertz CT molecular complexity index is 760. The Kier molecular flexibility index (Phi) is 2.37. The molecule has 0 atom stereocenters. The highest BCUT2D eigenvalue weighted by Gasteiger charge is 2.18. The summed E-state index contributed by atoms with van der Waals surface area (Å²) in [5, 5.41) is 3.85. The van der Waals surface area contributed by atoms with Crippen molar-refractivity contribution in [2.45, 2.75) is 0 Å². The van der Waals surface area contributed by atoms with Crippen LogP contribution in [0.4, 0.5) is 19.0 Å². The van der Waals surface area contributed by atoms with Gasteiger partial charge in [-0.25, -0.2) is 18.2 Å². The van der Waals surface area contributed by atoms with E-state index >= 15 is 0 Å². The van der Waals surface area contributed by atoms with Crippen LogP contribution in [-0.2, 0) is 0 Å². The largest absolute Gasteiger partial charge is 0.383 e. The van der Waals surface area contributed by atoms with E-state index in [1.54, 1.807) is 0 Å². The highest BCUT2D eigenvalue weighted by atomic mass is 19.1. The van der Waals surface area contributed by atoms with Crippen LogP contribution in [0.25, 0.3) is 17.2 Å². The zero-order valence-corrected chi connectivity index (χ0v) is 9.31. The molecule has 1 aromatic carbocycles. The Hall–Kier alpha value is -2.64. The van der Waals surface area contributed by atoms with Crippen LogP contribution in [-0.4, -0.2) is 19.6 Å². The van der Waals surface area contributed by atoms with Crippen molar-refractivity contribution in [2.75, 3.05) is 5.73 Å². The molecule has 3 aromatic rings. The van der Waals surface area contributed by atoms with Crippen molar-refractivity contribution in [2.24, 2.45) is 0 Å². The first kappa shape index (κ1) is 11.5. The molecule has 0 amide bonds. The Morgan fingerprint density at radius 3 is 2.42 bits per heavy atom. The summed E-state index contributed by atoms with van der Waals surface area (Å²) in [6.45, 7) is 0. The molecule has 0 radical (unpaired) electrons. The summed E-state index contributed by atoms with van der Waals surface area (Å²) in [6.07, 6.45) is 1.39. The normalized spacial score (nSPS) is 11.1. The van der Waals surface area contributed by atoms with Crippen LogP contribution in [0.5, 0.6) is 0 Å². The molecular formula is C11H6F3N5. The lowest BCUT2D eigenvalue weighted by Crippen LogP contribution is -1.99. The summed E-state index contributed by atoms with van der Waals surface area (Å²) < 4.78 is 41.2. The van der Waals surface area contributed by atoms with Crippen LogP contribution >= 0.6 is 0 Å². The molecule has 96 valence electrons. The molecule has 0 unspecified atom stereocenters. The van der Waals surface area contributed by atoms with Gasteiger partial charge in [0.2, 0.25) is 0 Å². The summed E-state index contributed by atoms with van der Waals surface area (Å²) in [6, 6.07) is 2.57. The van der Waals surface area contributed by atoms with E-state index in [2.05, 4.69) is 15.1 Å². The Balaban J connectivity index is 2.28. The van der Waals surface area contributed by atoms with E-state index in [-0.39, 0.29) is 17.4 Å². The van der Waals surface area contributed by atoms with Gasteiger partial charge in [0.15, 0.2) is 5.82 Å². The lowest BCUT2D eigenvalue weighted by atomic mass is 10.2. The quantitative estimate of drug-likeness (QED) is 0.728. The lowest BCUT2D eigenvalue weighted by Gasteiger charge is -2.00. The molecule has 19 heavy (non-hydrogen) atoms. The van der Waals surface area contributed by atoms with E-state index in [1.165, 1.54) is 12.3 Å². The lowest BCUT2D eigenvalue weighted by molar-refractivity contribution is 0.546. The number of halogens is 3. The Morgan fingerprint density at radius 2 is 1.79 bits per heavy atom. The second-order valence-electron chi connectivity index (χ2n) is 3.76. The average Bonchev–Trinajstić information content (AvgIpc) is 2.72. The molecule has 2 heterocycles. The molecule has 0 spiro atoms. The van der Waals surface area contributed by atoms with E-state index in [4.69, 9.17) is 5.73 Å². The van der Waals surface area contributed by atoms with Gasteiger partial charge in [-0.1, -0.05) is 0 Å². The zero-order valence-electron chi connectivity index (χ0n) is 9.31. The number of anilines is 1. The molecule has 2 N–H and O–H groups in total. The van der Waals surface area contributed by atoms with Crippen molar-refractivity contribution < 1.29 is 13.2 Å².